The first-order valence-corrected chi connectivity index (χ1v) is 11.0. The predicted molar refractivity (Wildman–Crippen MR) is 130 cm³/mol. The van der Waals surface area contributed by atoms with Crippen LogP contribution in [0.4, 0.5) is 5.69 Å². The first-order chi connectivity index (χ1) is 15.9. The normalized spacial score (nSPS) is 11.2. The van der Waals surface area contributed by atoms with Crippen molar-refractivity contribution in [1.29, 1.82) is 0 Å². The SMILES string of the molecule is CC(C)Nc1cc(-c2cccc(CN)c2)cc2c(COc3ccccc3CC(=O)O)coc12. The summed E-state index contributed by atoms with van der Waals surface area (Å²) in [5.41, 5.74) is 12.2. The van der Waals surface area contributed by atoms with E-state index in [1.807, 2.05) is 24.3 Å². The van der Waals surface area contributed by atoms with Gasteiger partial charge in [-0.3, -0.25) is 4.79 Å². The van der Waals surface area contributed by atoms with Gasteiger partial charge in [0.1, 0.15) is 12.4 Å². The molecule has 4 N–H and O–H groups in total. The Labute approximate surface area is 193 Å². The Balaban J connectivity index is 1.72. The van der Waals surface area contributed by atoms with Crippen LogP contribution in [0.2, 0.25) is 0 Å². The Morgan fingerprint density at radius 2 is 1.88 bits per heavy atom. The lowest BCUT2D eigenvalue weighted by atomic mass is 9.99. The molecule has 0 radical (unpaired) electrons. The van der Waals surface area contributed by atoms with E-state index in [0.717, 1.165) is 38.9 Å². The molecule has 0 saturated carbocycles. The maximum absolute atomic E-state index is 11.2. The van der Waals surface area contributed by atoms with E-state index in [-0.39, 0.29) is 19.1 Å². The van der Waals surface area contributed by atoms with E-state index in [4.69, 9.17) is 14.9 Å². The maximum atomic E-state index is 11.2. The molecule has 1 aromatic heterocycles. The fourth-order valence-electron chi connectivity index (χ4n) is 3.87. The summed E-state index contributed by atoms with van der Waals surface area (Å²) >= 11 is 0. The summed E-state index contributed by atoms with van der Waals surface area (Å²) in [5, 5.41) is 13.6. The second kappa shape index (κ2) is 9.79. The van der Waals surface area contributed by atoms with Crippen LogP contribution < -0.4 is 15.8 Å². The number of hydrogen-bond donors (Lipinski definition) is 3. The minimum absolute atomic E-state index is 0.0909. The number of nitrogens with one attached hydrogen (secondary N) is 1. The van der Waals surface area contributed by atoms with E-state index >= 15 is 0 Å². The number of ether oxygens (including phenoxy) is 1. The number of anilines is 1. The van der Waals surface area contributed by atoms with Crippen LogP contribution in [-0.4, -0.2) is 17.1 Å². The molecule has 4 rings (SSSR count). The van der Waals surface area contributed by atoms with Crippen molar-refractivity contribution in [2.45, 2.75) is 39.5 Å². The van der Waals surface area contributed by atoms with Crippen molar-refractivity contribution >= 4 is 22.6 Å². The van der Waals surface area contributed by atoms with Crippen molar-refractivity contribution in [3.8, 4) is 16.9 Å². The van der Waals surface area contributed by atoms with Gasteiger partial charge in [0.15, 0.2) is 5.58 Å². The summed E-state index contributed by atoms with van der Waals surface area (Å²) in [7, 11) is 0. The van der Waals surface area contributed by atoms with Crippen molar-refractivity contribution in [1.82, 2.24) is 0 Å². The number of furan rings is 1. The molecule has 33 heavy (non-hydrogen) atoms. The molecule has 0 unspecified atom stereocenters. The van der Waals surface area contributed by atoms with E-state index in [0.29, 0.717) is 17.9 Å². The van der Waals surface area contributed by atoms with Gasteiger partial charge in [-0.25, -0.2) is 0 Å². The van der Waals surface area contributed by atoms with Gasteiger partial charge < -0.3 is 25.3 Å². The number of carboxylic acids is 1. The minimum atomic E-state index is -0.895. The molecule has 0 saturated heterocycles. The zero-order valence-corrected chi connectivity index (χ0v) is 18.8. The monoisotopic (exact) mass is 444 g/mol. The molecule has 0 aliphatic rings. The van der Waals surface area contributed by atoms with Gasteiger partial charge in [-0.1, -0.05) is 36.4 Å². The molecular weight excluding hydrogens is 416 g/mol. The second-order valence-corrected chi connectivity index (χ2v) is 8.33. The molecule has 6 nitrogen and oxygen atoms in total. The fraction of sp³-hybridized carbons (Fsp3) is 0.222. The van der Waals surface area contributed by atoms with E-state index in [1.165, 1.54) is 0 Å². The standard InChI is InChI=1S/C27H28N2O4/c1-17(2)29-24-12-21(19-8-5-6-18(10-19)14-28)11-23-22(16-33-27(23)24)15-32-25-9-4-3-7-20(25)13-26(30)31/h3-12,16-17,29H,13-15,28H2,1-2H3,(H,30,31). The number of nitrogens with two attached hydrogens (primary N) is 1. The highest BCUT2D eigenvalue weighted by Crippen LogP contribution is 2.35. The predicted octanol–water partition coefficient (Wildman–Crippen LogP) is 5.58. The van der Waals surface area contributed by atoms with Gasteiger partial charge in [0, 0.05) is 29.1 Å². The Morgan fingerprint density at radius 3 is 2.64 bits per heavy atom. The highest BCUT2D eigenvalue weighted by atomic mass is 16.5. The molecule has 0 fully saturated rings. The van der Waals surface area contributed by atoms with Crippen molar-refractivity contribution in [3.05, 3.63) is 83.6 Å². The number of rotatable bonds is 9. The first-order valence-electron chi connectivity index (χ1n) is 11.0. The summed E-state index contributed by atoms with van der Waals surface area (Å²) in [6.45, 7) is 4.91. The molecule has 3 aromatic carbocycles. The van der Waals surface area contributed by atoms with E-state index in [9.17, 15) is 9.90 Å². The fourth-order valence-corrected chi connectivity index (χ4v) is 3.87. The third-order valence-corrected chi connectivity index (χ3v) is 5.39. The lowest BCUT2D eigenvalue weighted by Crippen LogP contribution is -2.10. The average Bonchev–Trinajstić information content (AvgIpc) is 3.21. The third kappa shape index (κ3) is 5.18. The van der Waals surface area contributed by atoms with Crippen LogP contribution in [-0.2, 0) is 24.4 Å². The number of carbonyl (C=O) groups is 1. The van der Waals surface area contributed by atoms with Crippen molar-refractivity contribution < 1.29 is 19.1 Å². The molecule has 0 amide bonds. The molecule has 0 atom stereocenters. The summed E-state index contributed by atoms with van der Waals surface area (Å²) < 4.78 is 12.0. The molecule has 6 heteroatoms. The van der Waals surface area contributed by atoms with Gasteiger partial charge in [0.05, 0.1) is 18.4 Å². The zero-order valence-electron chi connectivity index (χ0n) is 18.8. The third-order valence-electron chi connectivity index (χ3n) is 5.39. The largest absolute Gasteiger partial charge is 0.488 e. The Morgan fingerprint density at radius 1 is 1.06 bits per heavy atom. The number of para-hydroxylation sites is 1. The molecule has 0 aliphatic carbocycles. The maximum Gasteiger partial charge on any atom is 0.307 e. The van der Waals surface area contributed by atoms with Crippen molar-refractivity contribution in [2.75, 3.05) is 5.32 Å². The second-order valence-electron chi connectivity index (χ2n) is 8.33. The number of carboxylic acid groups (broad SMARTS) is 1. The lowest BCUT2D eigenvalue weighted by molar-refractivity contribution is -0.136. The van der Waals surface area contributed by atoms with Gasteiger partial charge in [0.25, 0.3) is 0 Å². The molecule has 0 bridgehead atoms. The van der Waals surface area contributed by atoms with Crippen LogP contribution >= 0.6 is 0 Å². The lowest BCUT2D eigenvalue weighted by Gasteiger charge is -2.14. The molecule has 170 valence electrons. The Kier molecular flexibility index (Phi) is 6.66. The van der Waals surface area contributed by atoms with Crippen molar-refractivity contribution in [3.63, 3.8) is 0 Å². The minimum Gasteiger partial charge on any atom is -0.488 e. The summed E-state index contributed by atoms with van der Waals surface area (Å²) in [5.74, 6) is -0.338. The van der Waals surface area contributed by atoms with Gasteiger partial charge in [-0.2, -0.15) is 0 Å². The topological polar surface area (TPSA) is 97.7 Å². The van der Waals surface area contributed by atoms with Crippen LogP contribution in [0, 0.1) is 0 Å². The molecule has 1 heterocycles. The van der Waals surface area contributed by atoms with E-state index in [2.05, 4.69) is 43.4 Å². The Bertz CT molecular complexity index is 1280. The van der Waals surface area contributed by atoms with Gasteiger partial charge in [-0.05, 0) is 54.8 Å². The quantitative estimate of drug-likeness (QED) is 0.312. The first kappa shape index (κ1) is 22.4. The Hall–Kier alpha value is -3.77. The number of benzene rings is 3. The highest BCUT2D eigenvalue weighted by molar-refractivity contribution is 5.96. The zero-order chi connectivity index (χ0) is 23.4. The van der Waals surface area contributed by atoms with Gasteiger partial charge in [0.2, 0.25) is 0 Å². The van der Waals surface area contributed by atoms with Crippen LogP contribution in [0.5, 0.6) is 5.75 Å². The smallest absolute Gasteiger partial charge is 0.307 e. The average molecular weight is 445 g/mol. The van der Waals surface area contributed by atoms with Crippen LogP contribution in [0.1, 0.15) is 30.5 Å². The van der Waals surface area contributed by atoms with Crippen LogP contribution in [0.25, 0.3) is 22.1 Å². The van der Waals surface area contributed by atoms with Crippen molar-refractivity contribution in [2.24, 2.45) is 5.73 Å². The highest BCUT2D eigenvalue weighted by Gasteiger charge is 2.16. The number of hydrogen-bond acceptors (Lipinski definition) is 5. The number of fused-ring (bicyclic) bond motifs is 1. The van der Waals surface area contributed by atoms with E-state index in [1.54, 1.807) is 18.4 Å². The van der Waals surface area contributed by atoms with Gasteiger partial charge >= 0.3 is 5.97 Å². The van der Waals surface area contributed by atoms with Crippen LogP contribution in [0.15, 0.2) is 71.3 Å². The molecular formula is C27H28N2O4. The van der Waals surface area contributed by atoms with E-state index < -0.39 is 5.97 Å². The summed E-state index contributed by atoms with van der Waals surface area (Å²) in [4.78, 5) is 11.2. The van der Waals surface area contributed by atoms with Gasteiger partial charge in [-0.15, -0.1) is 0 Å². The molecule has 4 aromatic rings. The summed E-state index contributed by atoms with van der Waals surface area (Å²) in [6, 6.07) is 19.8. The van der Waals surface area contributed by atoms with Crippen LogP contribution in [0.3, 0.4) is 0 Å². The molecule has 0 spiro atoms. The summed E-state index contributed by atoms with van der Waals surface area (Å²) in [6.07, 6.45) is 1.61. The number of aliphatic carboxylic acids is 1. The molecule has 0 aliphatic heterocycles.